The third-order valence-corrected chi connectivity index (χ3v) is 3.53. The van der Waals surface area contributed by atoms with Gasteiger partial charge in [-0.2, -0.15) is 0 Å². The van der Waals surface area contributed by atoms with Crippen molar-refractivity contribution in [3.05, 3.63) is 59.1 Å². The fourth-order valence-electron chi connectivity index (χ4n) is 2.07. The molecule has 0 aliphatic carbocycles. The summed E-state index contributed by atoms with van der Waals surface area (Å²) in [6.07, 6.45) is 0.267. The van der Waals surface area contributed by atoms with E-state index in [1.165, 1.54) is 0 Å². The molecular weight excluding hydrogens is 312 g/mol. The average Bonchev–Trinajstić information content (AvgIpc) is 2.55. The van der Waals surface area contributed by atoms with Crippen LogP contribution in [0.3, 0.4) is 0 Å². The van der Waals surface area contributed by atoms with E-state index >= 15 is 0 Å². The molecule has 4 nitrogen and oxygen atoms in total. The average molecular weight is 333 g/mol. The summed E-state index contributed by atoms with van der Waals surface area (Å²) >= 11 is 6.00. The van der Waals surface area contributed by atoms with Crippen LogP contribution in [0.25, 0.3) is 0 Å². The van der Waals surface area contributed by atoms with E-state index in [-0.39, 0.29) is 18.9 Å². The number of hydrogen-bond donors (Lipinski definition) is 2. The van der Waals surface area contributed by atoms with Gasteiger partial charge in [0.05, 0.1) is 18.1 Å². The molecule has 2 rings (SSSR count). The minimum atomic E-state index is -0.0855. The Balaban J connectivity index is 1.79. The number of rotatable bonds is 8. The van der Waals surface area contributed by atoms with Crippen molar-refractivity contribution in [3.8, 4) is 5.75 Å². The number of nitrogens with one attached hydrogen (secondary N) is 2. The molecule has 2 aromatic carbocycles. The second-order valence-electron chi connectivity index (χ2n) is 5.06. The molecule has 0 saturated heterocycles. The molecule has 0 radical (unpaired) electrons. The molecule has 0 unspecified atom stereocenters. The summed E-state index contributed by atoms with van der Waals surface area (Å²) in [5.74, 6) is 0.507. The molecule has 2 aromatic rings. The van der Waals surface area contributed by atoms with E-state index in [9.17, 15) is 4.79 Å². The fourth-order valence-corrected chi connectivity index (χ4v) is 2.26. The normalized spacial score (nSPS) is 10.3. The van der Waals surface area contributed by atoms with Crippen LogP contribution in [0.2, 0.25) is 5.02 Å². The van der Waals surface area contributed by atoms with Crippen LogP contribution < -0.4 is 15.4 Å². The van der Waals surface area contributed by atoms with Gasteiger partial charge in [0.1, 0.15) is 5.75 Å². The maximum Gasteiger partial charge on any atom is 0.227 e. The molecule has 0 aliphatic rings. The van der Waals surface area contributed by atoms with Gasteiger partial charge in [0.15, 0.2) is 0 Å². The van der Waals surface area contributed by atoms with Gasteiger partial charge in [-0.15, -0.1) is 0 Å². The fraction of sp³-hybridized carbons (Fsp3) is 0.278. The SMILES string of the molecule is CCNCc1cccc(NC(=O)CCOc2ccccc2Cl)c1. The first-order valence-electron chi connectivity index (χ1n) is 7.66. The predicted molar refractivity (Wildman–Crippen MR) is 94.0 cm³/mol. The zero-order chi connectivity index (χ0) is 16.5. The van der Waals surface area contributed by atoms with Crippen molar-refractivity contribution in [1.29, 1.82) is 0 Å². The second-order valence-corrected chi connectivity index (χ2v) is 5.46. The highest BCUT2D eigenvalue weighted by atomic mass is 35.5. The molecule has 122 valence electrons. The van der Waals surface area contributed by atoms with Gasteiger partial charge in [0.2, 0.25) is 5.91 Å². The lowest BCUT2D eigenvalue weighted by Crippen LogP contribution is -2.16. The molecule has 5 heteroatoms. The summed E-state index contributed by atoms with van der Waals surface area (Å²) < 4.78 is 5.52. The number of benzene rings is 2. The van der Waals surface area contributed by atoms with Crippen molar-refractivity contribution in [1.82, 2.24) is 5.32 Å². The van der Waals surface area contributed by atoms with E-state index < -0.39 is 0 Å². The number of carbonyl (C=O) groups excluding carboxylic acids is 1. The summed E-state index contributed by atoms with van der Waals surface area (Å²) in [6, 6.07) is 15.0. The van der Waals surface area contributed by atoms with Gasteiger partial charge in [-0.25, -0.2) is 0 Å². The summed E-state index contributed by atoms with van der Waals surface area (Å²) in [4.78, 5) is 12.0. The van der Waals surface area contributed by atoms with Crippen LogP contribution in [-0.4, -0.2) is 19.1 Å². The van der Waals surface area contributed by atoms with Crippen LogP contribution >= 0.6 is 11.6 Å². The number of para-hydroxylation sites is 1. The van der Waals surface area contributed by atoms with Crippen molar-refractivity contribution in [3.63, 3.8) is 0 Å². The Morgan fingerprint density at radius 1 is 1.17 bits per heavy atom. The first-order valence-corrected chi connectivity index (χ1v) is 8.03. The quantitative estimate of drug-likeness (QED) is 0.771. The first kappa shape index (κ1) is 17.3. The number of amides is 1. The lowest BCUT2D eigenvalue weighted by atomic mass is 10.2. The Morgan fingerprint density at radius 2 is 2.00 bits per heavy atom. The van der Waals surface area contributed by atoms with Gasteiger partial charge in [-0.05, 0) is 36.4 Å². The van der Waals surface area contributed by atoms with Gasteiger partial charge < -0.3 is 15.4 Å². The first-order chi connectivity index (χ1) is 11.2. The summed E-state index contributed by atoms with van der Waals surface area (Å²) in [7, 11) is 0. The van der Waals surface area contributed by atoms with Gasteiger partial charge in [0.25, 0.3) is 0 Å². The minimum absolute atomic E-state index is 0.0855. The summed E-state index contributed by atoms with van der Waals surface area (Å²) in [6.45, 7) is 4.04. The van der Waals surface area contributed by atoms with Crippen molar-refractivity contribution < 1.29 is 9.53 Å². The van der Waals surface area contributed by atoms with E-state index in [4.69, 9.17) is 16.3 Å². The van der Waals surface area contributed by atoms with Crippen LogP contribution in [0.15, 0.2) is 48.5 Å². The Hall–Kier alpha value is -2.04. The van der Waals surface area contributed by atoms with E-state index in [0.29, 0.717) is 10.8 Å². The minimum Gasteiger partial charge on any atom is -0.491 e. The monoisotopic (exact) mass is 332 g/mol. The van der Waals surface area contributed by atoms with E-state index in [1.807, 2.05) is 36.4 Å². The third kappa shape index (κ3) is 5.93. The van der Waals surface area contributed by atoms with Crippen molar-refractivity contribution >= 4 is 23.2 Å². The molecule has 0 fully saturated rings. The highest BCUT2D eigenvalue weighted by molar-refractivity contribution is 6.32. The van der Waals surface area contributed by atoms with Crippen LogP contribution in [0.1, 0.15) is 18.9 Å². The molecule has 0 atom stereocenters. The maximum atomic E-state index is 12.0. The van der Waals surface area contributed by atoms with Gasteiger partial charge in [0, 0.05) is 12.2 Å². The van der Waals surface area contributed by atoms with Crippen molar-refractivity contribution in [2.45, 2.75) is 19.9 Å². The largest absolute Gasteiger partial charge is 0.491 e. The zero-order valence-corrected chi connectivity index (χ0v) is 13.9. The molecular formula is C18H21ClN2O2. The smallest absolute Gasteiger partial charge is 0.227 e. The third-order valence-electron chi connectivity index (χ3n) is 3.21. The lowest BCUT2D eigenvalue weighted by Gasteiger charge is -2.09. The van der Waals surface area contributed by atoms with Gasteiger partial charge in [-0.1, -0.05) is 42.8 Å². The molecule has 0 aliphatic heterocycles. The molecule has 1 amide bonds. The number of ether oxygens (including phenoxy) is 1. The van der Waals surface area contributed by atoms with Gasteiger partial charge >= 0.3 is 0 Å². The van der Waals surface area contributed by atoms with E-state index in [2.05, 4.69) is 17.6 Å². The molecule has 0 bridgehead atoms. The molecule has 0 saturated carbocycles. The molecule has 0 aromatic heterocycles. The molecule has 2 N–H and O–H groups in total. The number of halogens is 1. The predicted octanol–water partition coefficient (Wildman–Crippen LogP) is 3.86. The van der Waals surface area contributed by atoms with E-state index in [0.717, 1.165) is 24.3 Å². The molecule has 23 heavy (non-hydrogen) atoms. The summed E-state index contributed by atoms with van der Waals surface area (Å²) in [5, 5.41) is 6.68. The van der Waals surface area contributed by atoms with Crippen LogP contribution in [0, 0.1) is 0 Å². The Kier molecular flexibility index (Phi) is 6.91. The van der Waals surface area contributed by atoms with Crippen molar-refractivity contribution in [2.75, 3.05) is 18.5 Å². The number of hydrogen-bond acceptors (Lipinski definition) is 3. The highest BCUT2D eigenvalue weighted by Gasteiger charge is 2.05. The molecule has 0 heterocycles. The Bertz CT molecular complexity index is 646. The van der Waals surface area contributed by atoms with Gasteiger partial charge in [-0.3, -0.25) is 4.79 Å². The summed E-state index contributed by atoms with van der Waals surface area (Å²) in [5.41, 5.74) is 1.93. The van der Waals surface area contributed by atoms with Crippen molar-refractivity contribution in [2.24, 2.45) is 0 Å². The van der Waals surface area contributed by atoms with E-state index in [1.54, 1.807) is 12.1 Å². The van der Waals surface area contributed by atoms with Crippen LogP contribution in [0.4, 0.5) is 5.69 Å². The Morgan fingerprint density at radius 3 is 2.78 bits per heavy atom. The standard InChI is InChI=1S/C18H21ClN2O2/c1-2-20-13-14-6-5-7-15(12-14)21-18(22)10-11-23-17-9-4-3-8-16(17)19/h3-9,12,20H,2,10-11,13H2,1H3,(H,21,22). The molecule has 0 spiro atoms. The maximum absolute atomic E-state index is 12.0. The topological polar surface area (TPSA) is 50.4 Å². The highest BCUT2D eigenvalue weighted by Crippen LogP contribution is 2.23. The second kappa shape index (κ2) is 9.18. The zero-order valence-electron chi connectivity index (χ0n) is 13.1. The van der Waals surface area contributed by atoms with Crippen LogP contribution in [0.5, 0.6) is 5.75 Å². The lowest BCUT2D eigenvalue weighted by molar-refractivity contribution is -0.116. The van der Waals surface area contributed by atoms with Crippen LogP contribution in [-0.2, 0) is 11.3 Å². The number of carbonyl (C=O) groups is 1. The number of anilines is 1. The Labute approximate surface area is 141 Å².